The zero-order valence-electron chi connectivity index (χ0n) is 15.1. The lowest BCUT2D eigenvalue weighted by Gasteiger charge is -2.34. The van der Waals surface area contributed by atoms with E-state index < -0.39 is 0 Å². The number of aromatic nitrogens is 1. The topological polar surface area (TPSA) is 57.3 Å². The van der Waals surface area contributed by atoms with Crippen LogP contribution in [0, 0.1) is 11.8 Å². The van der Waals surface area contributed by atoms with Gasteiger partial charge in [0.2, 0.25) is 0 Å². The Kier molecular flexibility index (Phi) is 8.02. The van der Waals surface area contributed by atoms with Crippen molar-refractivity contribution in [2.75, 3.05) is 32.7 Å². The number of amides is 2. The molecule has 1 aromatic rings. The number of pyridine rings is 1. The second-order valence-corrected chi connectivity index (χ2v) is 7.17. The van der Waals surface area contributed by atoms with E-state index in [2.05, 4.69) is 34.4 Å². The zero-order chi connectivity index (χ0) is 17.2. The summed E-state index contributed by atoms with van der Waals surface area (Å²) in [5.41, 5.74) is 1.00. The fourth-order valence-corrected chi connectivity index (χ4v) is 3.55. The smallest absolute Gasteiger partial charge is 0.314 e. The molecule has 0 saturated carbocycles. The number of unbranched alkanes of at least 4 members (excludes halogenated alkanes) is 1. The Morgan fingerprint density at radius 2 is 1.92 bits per heavy atom. The minimum Gasteiger partial charge on any atom is -0.338 e. The van der Waals surface area contributed by atoms with Crippen molar-refractivity contribution in [1.29, 1.82) is 0 Å². The number of rotatable bonds is 8. The van der Waals surface area contributed by atoms with Crippen LogP contribution in [-0.4, -0.2) is 48.6 Å². The molecule has 1 saturated heterocycles. The molecule has 2 amide bonds. The van der Waals surface area contributed by atoms with E-state index in [0.717, 1.165) is 49.9 Å². The summed E-state index contributed by atoms with van der Waals surface area (Å²) in [6, 6.07) is 5.76. The molecule has 0 bridgehead atoms. The number of urea groups is 1. The Morgan fingerprint density at radius 1 is 1.17 bits per heavy atom. The highest BCUT2D eigenvalue weighted by atomic mass is 16.2. The number of nitrogens with one attached hydrogen (secondary N) is 2. The van der Waals surface area contributed by atoms with Gasteiger partial charge in [0, 0.05) is 44.5 Å². The van der Waals surface area contributed by atoms with Crippen molar-refractivity contribution in [3.05, 3.63) is 30.1 Å². The number of likely N-dealkylation sites (tertiary alicyclic amines) is 1. The molecule has 2 unspecified atom stereocenters. The Labute approximate surface area is 146 Å². The summed E-state index contributed by atoms with van der Waals surface area (Å²) < 4.78 is 0. The lowest BCUT2D eigenvalue weighted by Crippen LogP contribution is -2.40. The van der Waals surface area contributed by atoms with Crippen LogP contribution in [0.15, 0.2) is 24.4 Å². The van der Waals surface area contributed by atoms with Gasteiger partial charge in [-0.3, -0.25) is 4.98 Å². The first-order chi connectivity index (χ1) is 11.6. The number of hydrogen-bond donors (Lipinski definition) is 2. The van der Waals surface area contributed by atoms with E-state index in [1.54, 1.807) is 6.20 Å². The first kappa shape index (κ1) is 18.7. The fourth-order valence-electron chi connectivity index (χ4n) is 3.55. The van der Waals surface area contributed by atoms with Gasteiger partial charge in [0.05, 0.1) is 0 Å². The zero-order valence-corrected chi connectivity index (χ0v) is 15.1. The molecule has 5 heteroatoms. The molecule has 0 aliphatic carbocycles. The van der Waals surface area contributed by atoms with Crippen molar-refractivity contribution in [2.45, 2.75) is 39.5 Å². The molecule has 0 spiro atoms. The highest BCUT2D eigenvalue weighted by Gasteiger charge is 2.20. The summed E-state index contributed by atoms with van der Waals surface area (Å²) in [6.07, 6.45) is 6.08. The summed E-state index contributed by atoms with van der Waals surface area (Å²) in [6.45, 7) is 9.66. The van der Waals surface area contributed by atoms with Crippen LogP contribution in [0.25, 0.3) is 0 Å². The van der Waals surface area contributed by atoms with E-state index in [1.165, 1.54) is 19.5 Å². The van der Waals surface area contributed by atoms with Crippen molar-refractivity contribution >= 4 is 6.03 Å². The molecule has 24 heavy (non-hydrogen) atoms. The summed E-state index contributed by atoms with van der Waals surface area (Å²) in [4.78, 5) is 18.5. The van der Waals surface area contributed by atoms with Gasteiger partial charge >= 0.3 is 6.03 Å². The van der Waals surface area contributed by atoms with Crippen LogP contribution in [0.3, 0.4) is 0 Å². The average molecular weight is 332 g/mol. The molecular weight excluding hydrogens is 300 g/mol. The first-order valence-corrected chi connectivity index (χ1v) is 9.27. The van der Waals surface area contributed by atoms with E-state index in [-0.39, 0.29) is 6.03 Å². The van der Waals surface area contributed by atoms with Crippen LogP contribution in [-0.2, 0) is 6.42 Å². The van der Waals surface area contributed by atoms with Crippen molar-refractivity contribution in [1.82, 2.24) is 20.5 Å². The third kappa shape index (κ3) is 7.30. The molecule has 1 aromatic heterocycles. The van der Waals surface area contributed by atoms with Crippen LogP contribution < -0.4 is 10.6 Å². The molecular formula is C19H32N4O. The molecule has 2 N–H and O–H groups in total. The van der Waals surface area contributed by atoms with E-state index in [1.807, 2.05) is 18.2 Å². The molecule has 2 rings (SSSR count). The predicted octanol–water partition coefficient (Wildman–Crippen LogP) is 2.68. The fraction of sp³-hybridized carbons (Fsp3) is 0.684. The van der Waals surface area contributed by atoms with Crippen LogP contribution in [0.5, 0.6) is 0 Å². The maximum Gasteiger partial charge on any atom is 0.314 e. The summed E-state index contributed by atoms with van der Waals surface area (Å²) >= 11 is 0. The van der Waals surface area contributed by atoms with E-state index in [0.29, 0.717) is 6.54 Å². The van der Waals surface area contributed by atoms with E-state index in [9.17, 15) is 4.79 Å². The summed E-state index contributed by atoms with van der Waals surface area (Å²) in [5, 5.41) is 5.82. The Morgan fingerprint density at radius 3 is 2.62 bits per heavy atom. The SMILES string of the molecule is CC1CC(C)CN(CCCCNC(=O)NCCc2ccccn2)C1. The van der Waals surface area contributed by atoms with Crippen molar-refractivity contribution in [3.63, 3.8) is 0 Å². The largest absolute Gasteiger partial charge is 0.338 e. The molecule has 2 heterocycles. The molecule has 134 valence electrons. The number of hydrogen-bond acceptors (Lipinski definition) is 3. The lowest BCUT2D eigenvalue weighted by atomic mass is 9.92. The van der Waals surface area contributed by atoms with E-state index >= 15 is 0 Å². The molecule has 1 aliphatic heterocycles. The van der Waals surface area contributed by atoms with Gasteiger partial charge < -0.3 is 15.5 Å². The maximum absolute atomic E-state index is 11.7. The second kappa shape index (κ2) is 10.3. The van der Waals surface area contributed by atoms with Gasteiger partial charge in [-0.15, -0.1) is 0 Å². The minimum absolute atomic E-state index is 0.0776. The molecule has 5 nitrogen and oxygen atoms in total. The molecule has 1 fully saturated rings. The molecule has 2 atom stereocenters. The lowest BCUT2D eigenvalue weighted by molar-refractivity contribution is 0.139. The van der Waals surface area contributed by atoms with Gasteiger partial charge in [-0.2, -0.15) is 0 Å². The third-order valence-electron chi connectivity index (χ3n) is 4.52. The quantitative estimate of drug-likeness (QED) is 0.720. The van der Waals surface area contributed by atoms with Gasteiger partial charge in [0.1, 0.15) is 0 Å². The Balaban J connectivity index is 1.47. The molecule has 0 aromatic carbocycles. The predicted molar refractivity (Wildman–Crippen MR) is 98.0 cm³/mol. The van der Waals surface area contributed by atoms with Crippen LogP contribution in [0.1, 0.15) is 38.8 Å². The van der Waals surface area contributed by atoms with Crippen molar-refractivity contribution < 1.29 is 4.79 Å². The van der Waals surface area contributed by atoms with Crippen LogP contribution in [0.2, 0.25) is 0 Å². The van der Waals surface area contributed by atoms with Gasteiger partial charge in [-0.1, -0.05) is 19.9 Å². The molecule has 1 aliphatic rings. The number of piperidine rings is 1. The minimum atomic E-state index is -0.0776. The third-order valence-corrected chi connectivity index (χ3v) is 4.52. The van der Waals surface area contributed by atoms with Crippen LogP contribution in [0.4, 0.5) is 4.79 Å². The highest BCUT2D eigenvalue weighted by Crippen LogP contribution is 2.20. The van der Waals surface area contributed by atoms with Gasteiger partial charge in [0.25, 0.3) is 0 Å². The first-order valence-electron chi connectivity index (χ1n) is 9.27. The molecule has 0 radical (unpaired) electrons. The van der Waals surface area contributed by atoms with Gasteiger partial charge in [-0.05, 0) is 49.8 Å². The average Bonchev–Trinajstić information content (AvgIpc) is 2.54. The monoisotopic (exact) mass is 332 g/mol. The maximum atomic E-state index is 11.7. The Hall–Kier alpha value is -1.62. The van der Waals surface area contributed by atoms with Crippen molar-refractivity contribution in [3.8, 4) is 0 Å². The van der Waals surface area contributed by atoms with Crippen LogP contribution >= 0.6 is 0 Å². The summed E-state index contributed by atoms with van der Waals surface area (Å²) in [5.74, 6) is 1.63. The Bertz CT molecular complexity index is 470. The van der Waals surface area contributed by atoms with Gasteiger partial charge in [0.15, 0.2) is 0 Å². The number of carbonyl (C=O) groups excluding carboxylic acids is 1. The second-order valence-electron chi connectivity index (χ2n) is 7.17. The number of nitrogens with zero attached hydrogens (tertiary/aromatic N) is 2. The van der Waals surface area contributed by atoms with Crippen molar-refractivity contribution in [2.24, 2.45) is 11.8 Å². The van der Waals surface area contributed by atoms with Gasteiger partial charge in [-0.25, -0.2) is 4.79 Å². The number of carbonyl (C=O) groups is 1. The standard InChI is InChI=1S/C19H32N4O/c1-16-13-17(2)15-23(14-16)12-6-5-10-21-19(24)22-11-8-18-7-3-4-9-20-18/h3-4,7,9,16-17H,5-6,8,10-15H2,1-2H3,(H2,21,22,24). The van der Waals surface area contributed by atoms with E-state index in [4.69, 9.17) is 0 Å². The highest BCUT2D eigenvalue weighted by molar-refractivity contribution is 5.73. The normalized spacial score (nSPS) is 21.4. The summed E-state index contributed by atoms with van der Waals surface area (Å²) in [7, 11) is 0.